The van der Waals surface area contributed by atoms with Gasteiger partial charge in [-0.2, -0.15) is 0 Å². The van der Waals surface area contributed by atoms with Crippen molar-refractivity contribution >= 4 is 46.5 Å². The summed E-state index contributed by atoms with van der Waals surface area (Å²) in [5.74, 6) is -0.996. The second kappa shape index (κ2) is 15.2. The van der Waals surface area contributed by atoms with E-state index in [2.05, 4.69) is 10.6 Å². The Morgan fingerprint density at radius 3 is 2.02 bits per heavy atom. The maximum atomic E-state index is 13.6. The van der Waals surface area contributed by atoms with Crippen LogP contribution >= 0.6 is 0 Å². The Bertz CT molecular complexity index is 1640. The first kappa shape index (κ1) is 32.3. The summed E-state index contributed by atoms with van der Waals surface area (Å²) in [6.07, 6.45) is 0. The van der Waals surface area contributed by atoms with E-state index in [0.29, 0.717) is 17.1 Å². The lowest BCUT2D eigenvalue weighted by molar-refractivity contribution is -0.121. The number of anilines is 4. The molecule has 0 aliphatic carbocycles. The minimum Gasteiger partial charge on any atom is -0.482 e. The third-order valence-corrected chi connectivity index (χ3v) is 7.09. The Hall–Kier alpha value is -5.64. The number of hydrogen-bond acceptors (Lipinski definition) is 5. The van der Waals surface area contributed by atoms with Gasteiger partial charge in [-0.3, -0.25) is 19.3 Å². The fraction of sp³-hybridized carbons (Fsp3) is 0.200. The molecule has 0 heterocycles. The molecule has 5 amide bonds. The molecule has 0 atom stereocenters. The minimum atomic E-state index is -0.573. The lowest BCUT2D eigenvalue weighted by Gasteiger charge is -2.27. The Labute approximate surface area is 263 Å². The standard InChI is InChI=1S/C35H37N5O5/c1-25-17-19-29(20-18-25)39(4)34(43)24-45-31-16-9-8-15-30(31)40(23-33(42)38(3)28-13-6-5-7-14-28)32(41)22-36-35(44)37-27-12-10-11-26(2)21-27/h5-21H,22-24H2,1-4H3,(H2,36,37,44). The first-order valence-electron chi connectivity index (χ1n) is 14.4. The number of benzene rings is 4. The Kier molecular flexibility index (Phi) is 10.9. The predicted molar refractivity (Wildman–Crippen MR) is 177 cm³/mol. The fourth-order valence-electron chi connectivity index (χ4n) is 4.44. The third-order valence-electron chi connectivity index (χ3n) is 7.09. The summed E-state index contributed by atoms with van der Waals surface area (Å²) in [6, 6.07) is 29.9. The van der Waals surface area contributed by atoms with Gasteiger partial charge in [-0.25, -0.2) is 4.79 Å². The Balaban J connectivity index is 1.52. The van der Waals surface area contributed by atoms with Crippen LogP contribution < -0.4 is 30.1 Å². The molecule has 4 rings (SSSR count). The highest BCUT2D eigenvalue weighted by Crippen LogP contribution is 2.29. The summed E-state index contributed by atoms with van der Waals surface area (Å²) in [5.41, 5.74) is 4.27. The number of nitrogens with zero attached hydrogens (tertiary/aromatic N) is 3. The number of urea groups is 1. The molecule has 45 heavy (non-hydrogen) atoms. The van der Waals surface area contributed by atoms with E-state index < -0.39 is 18.5 Å². The molecule has 232 valence electrons. The predicted octanol–water partition coefficient (Wildman–Crippen LogP) is 5.16. The number of carbonyl (C=O) groups excluding carboxylic acids is 4. The summed E-state index contributed by atoms with van der Waals surface area (Å²) in [6.45, 7) is 2.82. The molecular formula is C35H37N5O5. The number of amides is 5. The van der Waals surface area contributed by atoms with E-state index in [-0.39, 0.29) is 36.4 Å². The molecule has 2 N–H and O–H groups in total. The van der Waals surface area contributed by atoms with Gasteiger partial charge in [0.2, 0.25) is 11.8 Å². The van der Waals surface area contributed by atoms with Gasteiger partial charge in [0, 0.05) is 31.2 Å². The number of rotatable bonds is 11. The zero-order valence-electron chi connectivity index (χ0n) is 25.8. The summed E-state index contributed by atoms with van der Waals surface area (Å²) in [4.78, 5) is 56.8. The number of ether oxygens (including phenoxy) is 1. The van der Waals surface area contributed by atoms with E-state index in [4.69, 9.17) is 4.74 Å². The molecule has 10 nitrogen and oxygen atoms in total. The summed E-state index contributed by atoms with van der Waals surface area (Å²) in [5, 5.41) is 5.28. The molecule has 0 saturated heterocycles. The van der Waals surface area contributed by atoms with Crippen molar-refractivity contribution in [3.05, 3.63) is 114 Å². The number of nitrogens with one attached hydrogen (secondary N) is 2. The zero-order valence-corrected chi connectivity index (χ0v) is 25.8. The van der Waals surface area contributed by atoms with Crippen LogP contribution in [0.15, 0.2) is 103 Å². The van der Waals surface area contributed by atoms with E-state index in [1.165, 1.54) is 14.7 Å². The smallest absolute Gasteiger partial charge is 0.319 e. The first-order chi connectivity index (χ1) is 21.6. The van der Waals surface area contributed by atoms with Crippen molar-refractivity contribution in [3.63, 3.8) is 0 Å². The van der Waals surface area contributed by atoms with Crippen molar-refractivity contribution in [1.29, 1.82) is 0 Å². The lowest BCUT2D eigenvalue weighted by atomic mass is 10.2. The second-order valence-electron chi connectivity index (χ2n) is 10.5. The molecule has 0 fully saturated rings. The van der Waals surface area contributed by atoms with Gasteiger partial charge in [0.25, 0.3) is 5.91 Å². The second-order valence-corrected chi connectivity index (χ2v) is 10.5. The average molecular weight is 608 g/mol. The van der Waals surface area contributed by atoms with Crippen molar-refractivity contribution in [2.45, 2.75) is 13.8 Å². The molecule has 0 aromatic heterocycles. The van der Waals surface area contributed by atoms with Crippen LogP contribution in [-0.4, -0.2) is 57.5 Å². The van der Waals surface area contributed by atoms with E-state index in [1.54, 1.807) is 62.6 Å². The van der Waals surface area contributed by atoms with Gasteiger partial charge in [0.1, 0.15) is 12.3 Å². The van der Waals surface area contributed by atoms with Crippen molar-refractivity contribution in [2.24, 2.45) is 0 Å². The number of likely N-dealkylation sites (N-methyl/N-ethyl adjacent to an activating group) is 2. The molecule has 0 radical (unpaired) electrons. The summed E-state index contributed by atoms with van der Waals surface area (Å²) < 4.78 is 5.93. The van der Waals surface area contributed by atoms with Crippen LogP contribution in [-0.2, 0) is 14.4 Å². The highest BCUT2D eigenvalue weighted by molar-refractivity contribution is 6.06. The number of hydrogen-bond donors (Lipinski definition) is 2. The van der Waals surface area contributed by atoms with Crippen molar-refractivity contribution < 1.29 is 23.9 Å². The van der Waals surface area contributed by atoms with Crippen LogP contribution in [0.2, 0.25) is 0 Å². The average Bonchev–Trinajstić information content (AvgIpc) is 3.05. The molecule has 0 unspecified atom stereocenters. The molecule has 0 aliphatic rings. The molecule has 4 aromatic carbocycles. The maximum absolute atomic E-state index is 13.6. The number of para-hydroxylation sites is 3. The largest absolute Gasteiger partial charge is 0.482 e. The molecule has 10 heteroatoms. The summed E-state index contributed by atoms with van der Waals surface area (Å²) >= 11 is 0. The summed E-state index contributed by atoms with van der Waals surface area (Å²) in [7, 11) is 3.28. The topological polar surface area (TPSA) is 111 Å². The first-order valence-corrected chi connectivity index (χ1v) is 14.4. The van der Waals surface area contributed by atoms with Crippen molar-refractivity contribution in [3.8, 4) is 5.75 Å². The van der Waals surface area contributed by atoms with Gasteiger partial charge in [0.15, 0.2) is 6.61 Å². The Morgan fingerprint density at radius 1 is 0.667 bits per heavy atom. The van der Waals surface area contributed by atoms with Crippen LogP contribution in [0, 0.1) is 13.8 Å². The monoisotopic (exact) mass is 607 g/mol. The number of aryl methyl sites for hydroxylation is 2. The van der Waals surface area contributed by atoms with Crippen LogP contribution in [0.4, 0.5) is 27.5 Å². The van der Waals surface area contributed by atoms with Crippen molar-refractivity contribution in [1.82, 2.24) is 5.32 Å². The van der Waals surface area contributed by atoms with Gasteiger partial charge in [-0.15, -0.1) is 0 Å². The van der Waals surface area contributed by atoms with E-state index >= 15 is 0 Å². The SMILES string of the molecule is Cc1ccc(N(C)C(=O)COc2ccccc2N(CC(=O)N(C)c2ccccc2)C(=O)CNC(=O)Nc2cccc(C)c2)cc1. The van der Waals surface area contributed by atoms with Gasteiger partial charge in [-0.1, -0.05) is 60.2 Å². The van der Waals surface area contributed by atoms with E-state index in [1.807, 2.05) is 68.4 Å². The van der Waals surface area contributed by atoms with Gasteiger partial charge in [0.05, 0.1) is 12.2 Å². The molecule has 0 saturated carbocycles. The third kappa shape index (κ3) is 8.93. The van der Waals surface area contributed by atoms with E-state index in [9.17, 15) is 19.2 Å². The van der Waals surface area contributed by atoms with E-state index in [0.717, 1.165) is 11.1 Å². The maximum Gasteiger partial charge on any atom is 0.319 e. The molecule has 4 aromatic rings. The zero-order chi connectivity index (χ0) is 32.3. The van der Waals surface area contributed by atoms with Crippen LogP contribution in [0.5, 0.6) is 5.75 Å². The molecule has 0 bridgehead atoms. The van der Waals surface area contributed by atoms with Gasteiger partial charge in [-0.05, 0) is 67.9 Å². The normalized spacial score (nSPS) is 10.4. The number of carbonyl (C=O) groups is 4. The molecular weight excluding hydrogens is 570 g/mol. The molecule has 0 spiro atoms. The fourth-order valence-corrected chi connectivity index (χ4v) is 4.44. The van der Waals surface area contributed by atoms with Gasteiger partial charge < -0.3 is 25.2 Å². The van der Waals surface area contributed by atoms with Crippen LogP contribution in [0.3, 0.4) is 0 Å². The highest BCUT2D eigenvalue weighted by Gasteiger charge is 2.25. The quantitative estimate of drug-likeness (QED) is 0.245. The van der Waals surface area contributed by atoms with Gasteiger partial charge >= 0.3 is 6.03 Å². The minimum absolute atomic E-state index is 0.232. The highest BCUT2D eigenvalue weighted by atomic mass is 16.5. The van der Waals surface area contributed by atoms with Crippen LogP contribution in [0.25, 0.3) is 0 Å². The molecule has 0 aliphatic heterocycles. The van der Waals surface area contributed by atoms with Crippen LogP contribution in [0.1, 0.15) is 11.1 Å². The van der Waals surface area contributed by atoms with Crippen molar-refractivity contribution in [2.75, 3.05) is 53.8 Å². The Morgan fingerprint density at radius 2 is 1.31 bits per heavy atom. The lowest BCUT2D eigenvalue weighted by Crippen LogP contribution is -2.46.